The van der Waals surface area contributed by atoms with E-state index in [0.717, 1.165) is 11.3 Å². The minimum atomic E-state index is -0.461. The third-order valence-electron chi connectivity index (χ3n) is 4.53. The molecule has 29 heavy (non-hydrogen) atoms. The minimum absolute atomic E-state index is 0.135. The standard InChI is InChI=1S/C20H23N5O3S/c1-6-28-19(27)16-12(3)17(21-13(16)4)18(26)14(5)29-20-22-23-24-25(20)15-9-7-11(2)8-10-15/h7-10,14,21H,6H2,1-5H3/t14-/m0/s1. The number of ketones is 1. The molecule has 0 fully saturated rings. The normalized spacial score (nSPS) is 12.0. The van der Waals surface area contributed by atoms with Crippen molar-refractivity contribution >= 4 is 23.5 Å². The van der Waals surface area contributed by atoms with E-state index in [4.69, 9.17) is 4.74 Å². The highest BCUT2D eigenvalue weighted by atomic mass is 32.2. The van der Waals surface area contributed by atoms with Crippen LogP contribution in [0.1, 0.15) is 51.5 Å². The molecule has 0 amide bonds. The lowest BCUT2D eigenvalue weighted by Gasteiger charge is -2.10. The predicted molar refractivity (Wildman–Crippen MR) is 110 cm³/mol. The quantitative estimate of drug-likeness (QED) is 0.359. The molecule has 3 rings (SSSR count). The molecule has 0 saturated carbocycles. The van der Waals surface area contributed by atoms with Crippen molar-refractivity contribution in [3.63, 3.8) is 0 Å². The van der Waals surface area contributed by atoms with Gasteiger partial charge in [0, 0.05) is 5.69 Å². The number of aryl methyl sites for hydroxylation is 2. The lowest BCUT2D eigenvalue weighted by atomic mass is 10.1. The molecule has 0 aliphatic heterocycles. The van der Waals surface area contributed by atoms with Gasteiger partial charge in [-0.25, -0.2) is 4.79 Å². The summed E-state index contributed by atoms with van der Waals surface area (Å²) in [6, 6.07) is 7.79. The number of carbonyl (C=O) groups excluding carboxylic acids is 2. The number of nitrogens with zero attached hydrogens (tertiary/aromatic N) is 4. The maximum absolute atomic E-state index is 13.0. The van der Waals surface area contributed by atoms with Gasteiger partial charge in [0.2, 0.25) is 5.16 Å². The van der Waals surface area contributed by atoms with E-state index in [1.807, 2.05) is 31.2 Å². The van der Waals surface area contributed by atoms with Gasteiger partial charge < -0.3 is 9.72 Å². The second kappa shape index (κ2) is 8.60. The molecule has 0 aliphatic carbocycles. The summed E-state index contributed by atoms with van der Waals surface area (Å²) in [4.78, 5) is 28.3. The molecule has 1 N–H and O–H groups in total. The van der Waals surface area contributed by atoms with Crippen molar-refractivity contribution in [3.05, 3.63) is 52.3 Å². The van der Waals surface area contributed by atoms with Gasteiger partial charge in [-0.1, -0.05) is 29.5 Å². The summed E-state index contributed by atoms with van der Waals surface area (Å²) in [7, 11) is 0. The topological polar surface area (TPSA) is 103 Å². The highest BCUT2D eigenvalue weighted by Gasteiger charge is 2.27. The molecular formula is C20H23N5O3S. The number of Topliss-reactive ketones (excluding diaryl/α,β-unsaturated/α-hetero) is 1. The molecule has 2 aromatic heterocycles. The number of aromatic nitrogens is 5. The number of hydrogen-bond donors (Lipinski definition) is 1. The number of H-pyrrole nitrogens is 1. The van der Waals surface area contributed by atoms with Crippen LogP contribution in [0, 0.1) is 20.8 Å². The van der Waals surface area contributed by atoms with Crippen LogP contribution in [0.5, 0.6) is 0 Å². The molecule has 152 valence electrons. The van der Waals surface area contributed by atoms with Crippen LogP contribution in [-0.4, -0.2) is 48.8 Å². The fourth-order valence-corrected chi connectivity index (χ4v) is 3.89. The molecule has 0 radical (unpaired) electrons. The summed E-state index contributed by atoms with van der Waals surface area (Å²) in [6.07, 6.45) is 0. The molecule has 0 saturated heterocycles. The van der Waals surface area contributed by atoms with E-state index in [1.54, 1.807) is 32.4 Å². The van der Waals surface area contributed by atoms with Crippen molar-refractivity contribution in [2.45, 2.75) is 45.0 Å². The zero-order valence-electron chi connectivity index (χ0n) is 17.0. The lowest BCUT2D eigenvalue weighted by Crippen LogP contribution is -2.16. The van der Waals surface area contributed by atoms with E-state index in [9.17, 15) is 9.59 Å². The first-order valence-corrected chi connectivity index (χ1v) is 10.1. The molecule has 0 unspecified atom stereocenters. The number of aromatic amines is 1. The van der Waals surface area contributed by atoms with Gasteiger partial charge in [-0.05, 0) is 62.7 Å². The van der Waals surface area contributed by atoms with E-state index in [0.29, 0.717) is 27.7 Å². The van der Waals surface area contributed by atoms with Crippen molar-refractivity contribution in [2.24, 2.45) is 0 Å². The Balaban J connectivity index is 1.83. The second-order valence-corrected chi connectivity index (χ2v) is 7.99. The molecule has 3 aromatic rings. The number of tetrazole rings is 1. The Morgan fingerprint density at radius 2 is 1.90 bits per heavy atom. The number of hydrogen-bond acceptors (Lipinski definition) is 7. The SMILES string of the molecule is CCOC(=O)c1c(C)[nH]c(C(=O)[C@H](C)Sc2nnnn2-c2ccc(C)cc2)c1C. The Kier molecular flexibility index (Phi) is 6.17. The van der Waals surface area contributed by atoms with Crippen LogP contribution < -0.4 is 0 Å². The lowest BCUT2D eigenvalue weighted by molar-refractivity contribution is 0.0525. The van der Waals surface area contributed by atoms with Crippen molar-refractivity contribution in [3.8, 4) is 5.69 Å². The van der Waals surface area contributed by atoms with Crippen LogP contribution in [0.25, 0.3) is 5.69 Å². The smallest absolute Gasteiger partial charge is 0.340 e. The summed E-state index contributed by atoms with van der Waals surface area (Å²) >= 11 is 1.26. The van der Waals surface area contributed by atoms with Crippen LogP contribution in [-0.2, 0) is 4.74 Å². The van der Waals surface area contributed by atoms with Crippen LogP contribution in [0.4, 0.5) is 0 Å². The number of nitrogens with one attached hydrogen (secondary N) is 1. The molecule has 9 heteroatoms. The molecular weight excluding hydrogens is 390 g/mol. The summed E-state index contributed by atoms with van der Waals surface area (Å²) in [5.74, 6) is -0.564. The van der Waals surface area contributed by atoms with Crippen LogP contribution >= 0.6 is 11.8 Å². The summed E-state index contributed by atoms with van der Waals surface area (Å²) < 4.78 is 6.70. The van der Waals surface area contributed by atoms with Gasteiger partial charge in [-0.3, -0.25) is 4.79 Å². The number of thioether (sulfide) groups is 1. The predicted octanol–water partition coefficient (Wildman–Crippen LogP) is 3.46. The van der Waals surface area contributed by atoms with Gasteiger partial charge in [0.05, 0.1) is 28.8 Å². The molecule has 0 aliphatic rings. The van der Waals surface area contributed by atoms with Gasteiger partial charge >= 0.3 is 5.97 Å². The van der Waals surface area contributed by atoms with Crippen LogP contribution in [0.15, 0.2) is 29.4 Å². The molecule has 1 aromatic carbocycles. The third kappa shape index (κ3) is 4.24. The van der Waals surface area contributed by atoms with Crippen molar-refractivity contribution in [2.75, 3.05) is 6.61 Å². The van der Waals surface area contributed by atoms with Crippen molar-refractivity contribution < 1.29 is 14.3 Å². The maximum atomic E-state index is 13.0. The minimum Gasteiger partial charge on any atom is -0.462 e. The Labute approximate surface area is 173 Å². The summed E-state index contributed by atoms with van der Waals surface area (Å²) in [5.41, 5.74) is 3.98. The zero-order chi connectivity index (χ0) is 21.1. The average molecular weight is 414 g/mol. The fraction of sp³-hybridized carbons (Fsp3) is 0.350. The summed E-state index contributed by atoms with van der Waals surface area (Å²) in [5, 5.41) is 11.9. The van der Waals surface area contributed by atoms with Crippen LogP contribution in [0.3, 0.4) is 0 Å². The van der Waals surface area contributed by atoms with Gasteiger partial charge in [-0.15, -0.1) is 5.10 Å². The molecule has 2 heterocycles. The van der Waals surface area contributed by atoms with Gasteiger partial charge in [0.15, 0.2) is 5.78 Å². The first kappa shape index (κ1) is 20.8. The van der Waals surface area contributed by atoms with Gasteiger partial charge in [-0.2, -0.15) is 4.68 Å². The van der Waals surface area contributed by atoms with Crippen molar-refractivity contribution in [1.82, 2.24) is 25.2 Å². The number of carbonyl (C=O) groups is 2. The molecule has 0 spiro atoms. The Morgan fingerprint density at radius 3 is 2.55 bits per heavy atom. The molecule has 8 nitrogen and oxygen atoms in total. The van der Waals surface area contributed by atoms with E-state index >= 15 is 0 Å². The highest BCUT2D eigenvalue weighted by Crippen LogP contribution is 2.28. The largest absolute Gasteiger partial charge is 0.462 e. The Hall–Kier alpha value is -2.94. The number of ether oxygens (including phenoxy) is 1. The Bertz CT molecular complexity index is 1040. The fourth-order valence-electron chi connectivity index (χ4n) is 3.02. The van der Waals surface area contributed by atoms with Gasteiger partial charge in [0.1, 0.15) is 0 Å². The molecule has 0 bridgehead atoms. The monoisotopic (exact) mass is 413 g/mol. The first-order chi connectivity index (χ1) is 13.8. The van der Waals surface area contributed by atoms with Crippen LogP contribution in [0.2, 0.25) is 0 Å². The Morgan fingerprint density at radius 1 is 1.21 bits per heavy atom. The van der Waals surface area contributed by atoms with Crippen molar-refractivity contribution in [1.29, 1.82) is 0 Å². The summed E-state index contributed by atoms with van der Waals surface area (Å²) in [6.45, 7) is 9.33. The first-order valence-electron chi connectivity index (χ1n) is 9.26. The molecule has 1 atom stereocenters. The van der Waals surface area contributed by atoms with E-state index in [1.165, 1.54) is 11.8 Å². The third-order valence-corrected chi connectivity index (χ3v) is 5.57. The zero-order valence-corrected chi connectivity index (χ0v) is 17.8. The number of rotatable bonds is 7. The number of esters is 1. The number of benzene rings is 1. The maximum Gasteiger partial charge on any atom is 0.340 e. The van der Waals surface area contributed by atoms with Gasteiger partial charge in [0.25, 0.3) is 0 Å². The highest BCUT2D eigenvalue weighted by molar-refractivity contribution is 8.00. The average Bonchev–Trinajstić information content (AvgIpc) is 3.26. The van der Waals surface area contributed by atoms with E-state index in [-0.39, 0.29) is 12.4 Å². The van der Waals surface area contributed by atoms with E-state index < -0.39 is 11.2 Å². The van der Waals surface area contributed by atoms with E-state index in [2.05, 4.69) is 20.5 Å². The second-order valence-electron chi connectivity index (χ2n) is 6.68.